The van der Waals surface area contributed by atoms with Gasteiger partial charge in [-0.25, -0.2) is 9.79 Å². The van der Waals surface area contributed by atoms with E-state index in [1.807, 2.05) is 42.5 Å². The molecular formula is C23H21N3O3. The van der Waals surface area contributed by atoms with Crippen LogP contribution < -0.4 is 16.1 Å². The number of ether oxygens (including phenoxy) is 1. The van der Waals surface area contributed by atoms with Crippen LogP contribution in [0.5, 0.6) is 0 Å². The van der Waals surface area contributed by atoms with Crippen molar-refractivity contribution in [2.75, 3.05) is 6.61 Å². The fourth-order valence-electron chi connectivity index (χ4n) is 3.43. The quantitative estimate of drug-likeness (QED) is 0.633. The molecule has 0 fully saturated rings. The minimum Gasteiger partial charge on any atom is -0.462 e. The Morgan fingerprint density at radius 3 is 2.59 bits per heavy atom. The third-order valence-electron chi connectivity index (χ3n) is 4.83. The SMILES string of the molecule is CCOC(=O)C1=c2ccccc2=NC1=Cc1c(CCc2ccccc2)[nH][nH]c1=O. The van der Waals surface area contributed by atoms with E-state index in [1.54, 1.807) is 13.0 Å². The van der Waals surface area contributed by atoms with Crippen LogP contribution in [-0.4, -0.2) is 22.8 Å². The van der Waals surface area contributed by atoms with Crippen LogP contribution in [0.4, 0.5) is 0 Å². The number of carbonyl (C=O) groups excluding carboxylic acids is 1. The Bertz CT molecular complexity index is 1250. The molecule has 0 atom stereocenters. The van der Waals surface area contributed by atoms with E-state index in [4.69, 9.17) is 4.74 Å². The van der Waals surface area contributed by atoms with Crippen molar-refractivity contribution in [3.8, 4) is 0 Å². The van der Waals surface area contributed by atoms with Crippen molar-refractivity contribution in [3.63, 3.8) is 0 Å². The summed E-state index contributed by atoms with van der Waals surface area (Å²) in [5, 5.41) is 7.02. The Morgan fingerprint density at radius 2 is 1.79 bits per heavy atom. The number of aromatic nitrogens is 2. The van der Waals surface area contributed by atoms with Crippen LogP contribution in [0.1, 0.15) is 23.7 Å². The van der Waals surface area contributed by atoms with Gasteiger partial charge in [0.15, 0.2) is 0 Å². The molecule has 2 N–H and O–H groups in total. The molecule has 0 radical (unpaired) electrons. The van der Waals surface area contributed by atoms with Gasteiger partial charge in [-0.3, -0.25) is 9.89 Å². The fraction of sp³-hybridized carbons (Fsp3) is 0.174. The van der Waals surface area contributed by atoms with Crippen molar-refractivity contribution in [3.05, 3.63) is 98.0 Å². The molecule has 1 aromatic heterocycles. The minimum absolute atomic E-state index is 0.241. The summed E-state index contributed by atoms with van der Waals surface area (Å²) >= 11 is 0. The Kier molecular flexibility index (Phi) is 5.24. The largest absolute Gasteiger partial charge is 0.462 e. The zero-order valence-electron chi connectivity index (χ0n) is 16.1. The van der Waals surface area contributed by atoms with E-state index in [-0.39, 0.29) is 12.2 Å². The fourth-order valence-corrected chi connectivity index (χ4v) is 3.43. The molecule has 0 amide bonds. The molecular weight excluding hydrogens is 366 g/mol. The molecule has 146 valence electrons. The molecule has 0 aliphatic carbocycles. The van der Waals surface area contributed by atoms with Gasteiger partial charge in [0.25, 0.3) is 5.56 Å². The molecule has 1 aliphatic heterocycles. The molecule has 3 aromatic rings. The summed E-state index contributed by atoms with van der Waals surface area (Å²) in [4.78, 5) is 29.6. The number of esters is 1. The van der Waals surface area contributed by atoms with E-state index in [2.05, 4.69) is 27.3 Å². The molecule has 0 bridgehead atoms. The number of nitrogens with one attached hydrogen (secondary N) is 2. The van der Waals surface area contributed by atoms with Gasteiger partial charge in [-0.15, -0.1) is 0 Å². The van der Waals surface area contributed by atoms with Gasteiger partial charge < -0.3 is 9.84 Å². The molecule has 2 heterocycles. The number of nitrogens with zero attached hydrogens (tertiary/aromatic N) is 1. The second kappa shape index (κ2) is 8.14. The lowest BCUT2D eigenvalue weighted by Crippen LogP contribution is -2.25. The zero-order chi connectivity index (χ0) is 20.2. The van der Waals surface area contributed by atoms with Crippen molar-refractivity contribution in [1.29, 1.82) is 0 Å². The number of aromatic amines is 2. The van der Waals surface area contributed by atoms with E-state index < -0.39 is 5.97 Å². The molecule has 4 rings (SSSR count). The summed E-state index contributed by atoms with van der Waals surface area (Å²) in [5.41, 5.74) is 3.03. The summed E-state index contributed by atoms with van der Waals surface area (Å²) in [6, 6.07) is 17.5. The van der Waals surface area contributed by atoms with Crippen LogP contribution in [0.15, 0.2) is 70.1 Å². The van der Waals surface area contributed by atoms with E-state index in [1.165, 1.54) is 5.56 Å². The number of rotatable bonds is 6. The topological polar surface area (TPSA) is 87.3 Å². The van der Waals surface area contributed by atoms with E-state index >= 15 is 0 Å². The van der Waals surface area contributed by atoms with Crippen LogP contribution >= 0.6 is 0 Å². The van der Waals surface area contributed by atoms with Crippen molar-refractivity contribution < 1.29 is 9.53 Å². The maximum absolute atomic E-state index is 12.6. The number of benzene rings is 2. The number of aryl methyl sites for hydroxylation is 2. The number of hydrogen-bond acceptors (Lipinski definition) is 4. The van der Waals surface area contributed by atoms with Gasteiger partial charge in [0, 0.05) is 10.9 Å². The van der Waals surface area contributed by atoms with Crippen molar-refractivity contribution >= 4 is 17.6 Å². The smallest absolute Gasteiger partial charge is 0.341 e. The third kappa shape index (κ3) is 3.82. The standard InChI is InChI=1S/C23H21N3O3/c1-2-29-23(28)21-16-10-6-7-11-18(16)24-20(21)14-17-19(25-26-22(17)27)13-12-15-8-4-3-5-9-15/h3-11,14H,2,12-13H2,1H3,(H2,25,26,27). The van der Waals surface area contributed by atoms with Gasteiger partial charge >= 0.3 is 5.97 Å². The molecule has 0 spiro atoms. The van der Waals surface area contributed by atoms with Crippen molar-refractivity contribution in [2.24, 2.45) is 4.99 Å². The highest BCUT2D eigenvalue weighted by Gasteiger charge is 2.22. The first-order valence-electron chi connectivity index (χ1n) is 9.58. The van der Waals surface area contributed by atoms with Gasteiger partial charge in [-0.1, -0.05) is 48.5 Å². The lowest BCUT2D eigenvalue weighted by Gasteiger charge is -2.05. The highest BCUT2D eigenvalue weighted by Crippen LogP contribution is 2.20. The minimum atomic E-state index is -0.440. The molecule has 0 unspecified atom stereocenters. The third-order valence-corrected chi connectivity index (χ3v) is 4.83. The number of carbonyl (C=O) groups is 1. The average molecular weight is 387 g/mol. The summed E-state index contributed by atoms with van der Waals surface area (Å²) in [7, 11) is 0. The first-order valence-corrected chi connectivity index (χ1v) is 9.58. The predicted octanol–water partition coefficient (Wildman–Crippen LogP) is 1.88. The lowest BCUT2D eigenvalue weighted by molar-refractivity contribution is -0.136. The summed E-state index contributed by atoms with van der Waals surface area (Å²) in [6.07, 6.45) is 3.11. The van der Waals surface area contributed by atoms with E-state index in [0.29, 0.717) is 28.6 Å². The number of fused-ring (bicyclic) bond motifs is 1. The maximum atomic E-state index is 12.6. The Balaban J connectivity index is 1.73. The van der Waals surface area contributed by atoms with Crippen molar-refractivity contribution in [2.45, 2.75) is 19.8 Å². The van der Waals surface area contributed by atoms with Gasteiger partial charge in [0.1, 0.15) is 0 Å². The van der Waals surface area contributed by atoms with Crippen LogP contribution in [0.3, 0.4) is 0 Å². The van der Waals surface area contributed by atoms with Gasteiger partial charge in [0.2, 0.25) is 0 Å². The summed E-state index contributed by atoms with van der Waals surface area (Å²) in [6.45, 7) is 2.03. The molecule has 2 aromatic carbocycles. The Labute approximate surface area is 167 Å². The van der Waals surface area contributed by atoms with Crippen LogP contribution in [0.2, 0.25) is 0 Å². The number of H-pyrrole nitrogens is 2. The van der Waals surface area contributed by atoms with E-state index in [0.717, 1.165) is 17.3 Å². The van der Waals surface area contributed by atoms with Crippen molar-refractivity contribution in [1.82, 2.24) is 10.2 Å². The first-order chi connectivity index (χ1) is 14.2. The van der Waals surface area contributed by atoms with Crippen LogP contribution in [0, 0.1) is 0 Å². The molecule has 0 saturated heterocycles. The number of para-hydroxylation sites is 1. The Morgan fingerprint density at radius 1 is 1.03 bits per heavy atom. The zero-order valence-corrected chi connectivity index (χ0v) is 16.1. The highest BCUT2D eigenvalue weighted by molar-refractivity contribution is 6.17. The second-order valence-corrected chi connectivity index (χ2v) is 6.71. The highest BCUT2D eigenvalue weighted by atomic mass is 16.5. The molecule has 29 heavy (non-hydrogen) atoms. The second-order valence-electron chi connectivity index (χ2n) is 6.71. The van der Waals surface area contributed by atoms with Gasteiger partial charge in [-0.2, -0.15) is 0 Å². The molecule has 1 aliphatic rings. The first kappa shape index (κ1) is 18.7. The Hall–Kier alpha value is -3.67. The maximum Gasteiger partial charge on any atom is 0.341 e. The van der Waals surface area contributed by atoms with Crippen LogP contribution in [-0.2, 0) is 22.4 Å². The summed E-state index contributed by atoms with van der Waals surface area (Å²) in [5.74, 6) is -0.440. The lowest BCUT2D eigenvalue weighted by atomic mass is 10.0. The van der Waals surface area contributed by atoms with E-state index in [9.17, 15) is 9.59 Å². The summed E-state index contributed by atoms with van der Waals surface area (Å²) < 4.78 is 5.23. The van der Waals surface area contributed by atoms with Gasteiger partial charge in [0.05, 0.1) is 28.8 Å². The predicted molar refractivity (Wildman–Crippen MR) is 111 cm³/mol. The average Bonchev–Trinajstić information content (AvgIpc) is 3.28. The normalized spacial score (nSPS) is 14.0. The number of hydrogen-bond donors (Lipinski definition) is 2. The molecule has 6 nitrogen and oxygen atoms in total. The van der Waals surface area contributed by atoms with Gasteiger partial charge in [-0.05, 0) is 37.5 Å². The molecule has 0 saturated carbocycles. The monoisotopic (exact) mass is 387 g/mol. The van der Waals surface area contributed by atoms with Crippen LogP contribution in [0.25, 0.3) is 11.6 Å². The molecule has 6 heteroatoms.